The highest BCUT2D eigenvalue weighted by molar-refractivity contribution is 5.61. The van der Waals surface area contributed by atoms with Crippen LogP contribution in [0, 0.1) is 5.92 Å². The number of benzene rings is 1. The second-order valence-electron chi connectivity index (χ2n) is 6.15. The van der Waals surface area contributed by atoms with E-state index in [2.05, 4.69) is 0 Å². The average Bonchev–Trinajstić information content (AvgIpc) is 2.47. The normalized spacial score (nSPS) is 30.3. The molecule has 1 radical (unpaired) electrons. The number of hydrogen-bond donors (Lipinski definition) is 0. The smallest absolute Gasteiger partial charge is 0.125 e. The molecule has 18 heavy (non-hydrogen) atoms. The van der Waals surface area contributed by atoms with Gasteiger partial charge >= 0.3 is 0 Å². The Labute approximate surface area is 108 Å². The van der Waals surface area contributed by atoms with Crippen LogP contribution in [0.2, 0.25) is 0 Å². The molecule has 0 bridgehead atoms. The Morgan fingerprint density at radius 1 is 1.06 bits per heavy atom. The number of hydroxylamine groups is 2. The summed E-state index contributed by atoms with van der Waals surface area (Å²) in [7, 11) is 0. The molecule has 0 saturated carbocycles. The molecule has 3 heteroatoms. The summed E-state index contributed by atoms with van der Waals surface area (Å²) >= 11 is 0. The van der Waals surface area contributed by atoms with Gasteiger partial charge in [-0.25, -0.2) is 0 Å². The van der Waals surface area contributed by atoms with Gasteiger partial charge in [-0.1, -0.05) is 30.3 Å². The van der Waals surface area contributed by atoms with E-state index >= 15 is 0 Å². The molecule has 2 atom stereocenters. The Morgan fingerprint density at radius 3 is 2.11 bits per heavy atom. The van der Waals surface area contributed by atoms with Crippen LogP contribution in [0.5, 0.6) is 0 Å². The summed E-state index contributed by atoms with van der Waals surface area (Å²) in [5.74, 6) is -0.351. The largest absolute Gasteiger partial charge is 0.303 e. The Balaban J connectivity index is 2.54. The van der Waals surface area contributed by atoms with Crippen molar-refractivity contribution in [2.24, 2.45) is 5.92 Å². The van der Waals surface area contributed by atoms with Gasteiger partial charge in [-0.05, 0) is 33.3 Å². The van der Waals surface area contributed by atoms with Crippen molar-refractivity contribution in [3.8, 4) is 0 Å². The Hall–Kier alpha value is -1.19. The number of rotatable bonds is 2. The molecule has 0 spiro atoms. The SMILES string of the molecule is CC1(C)C(C=O)[C@H](c2ccccc2)C(C)(C)N1[O]. The van der Waals surface area contributed by atoms with Crippen LogP contribution in [0.15, 0.2) is 30.3 Å². The van der Waals surface area contributed by atoms with Gasteiger partial charge in [0.2, 0.25) is 0 Å². The summed E-state index contributed by atoms with van der Waals surface area (Å²) in [6, 6.07) is 9.85. The molecule has 2 rings (SSSR count). The fourth-order valence-electron chi connectivity index (χ4n) is 3.37. The van der Waals surface area contributed by atoms with Gasteiger partial charge in [0, 0.05) is 11.8 Å². The van der Waals surface area contributed by atoms with Gasteiger partial charge in [0.1, 0.15) is 6.29 Å². The first-order valence-electron chi connectivity index (χ1n) is 6.31. The summed E-state index contributed by atoms with van der Waals surface area (Å²) in [4.78, 5) is 11.5. The third-order valence-electron chi connectivity index (χ3n) is 4.29. The van der Waals surface area contributed by atoms with Gasteiger partial charge < -0.3 is 4.79 Å². The molecule has 3 nitrogen and oxygen atoms in total. The molecule has 1 aromatic carbocycles. The van der Waals surface area contributed by atoms with E-state index in [0.717, 1.165) is 16.9 Å². The maximum Gasteiger partial charge on any atom is 0.125 e. The first-order valence-corrected chi connectivity index (χ1v) is 6.31. The van der Waals surface area contributed by atoms with Crippen LogP contribution < -0.4 is 0 Å². The quantitative estimate of drug-likeness (QED) is 0.753. The van der Waals surface area contributed by atoms with Gasteiger partial charge in [-0.2, -0.15) is 0 Å². The van der Waals surface area contributed by atoms with Crippen LogP contribution >= 0.6 is 0 Å². The maximum absolute atomic E-state index is 12.5. The molecule has 1 unspecified atom stereocenters. The number of aldehydes is 1. The van der Waals surface area contributed by atoms with E-state index in [1.807, 2.05) is 58.0 Å². The van der Waals surface area contributed by atoms with Crippen LogP contribution in [-0.2, 0) is 10.0 Å². The molecule has 97 valence electrons. The molecule has 1 saturated heterocycles. The monoisotopic (exact) mass is 246 g/mol. The van der Waals surface area contributed by atoms with E-state index in [1.165, 1.54) is 0 Å². The van der Waals surface area contributed by atoms with E-state index in [0.29, 0.717) is 0 Å². The van der Waals surface area contributed by atoms with Gasteiger partial charge in [0.15, 0.2) is 0 Å². The summed E-state index contributed by atoms with van der Waals surface area (Å²) in [6.45, 7) is 7.54. The molecule has 1 heterocycles. The third kappa shape index (κ3) is 1.70. The summed E-state index contributed by atoms with van der Waals surface area (Å²) in [5, 5.41) is 13.6. The predicted octanol–water partition coefficient (Wildman–Crippen LogP) is 2.80. The van der Waals surface area contributed by atoms with Crippen molar-refractivity contribution in [2.45, 2.75) is 44.7 Å². The van der Waals surface area contributed by atoms with E-state index in [4.69, 9.17) is 0 Å². The first kappa shape index (κ1) is 13.2. The van der Waals surface area contributed by atoms with E-state index in [1.54, 1.807) is 0 Å². The second kappa shape index (κ2) is 4.18. The zero-order valence-corrected chi connectivity index (χ0v) is 11.4. The lowest BCUT2D eigenvalue weighted by Gasteiger charge is -2.33. The fourth-order valence-corrected chi connectivity index (χ4v) is 3.37. The summed E-state index contributed by atoms with van der Waals surface area (Å²) in [5.41, 5.74) is -0.173. The first-order chi connectivity index (χ1) is 8.33. The zero-order valence-electron chi connectivity index (χ0n) is 11.4. The molecule has 1 aliphatic heterocycles. The fraction of sp³-hybridized carbons (Fsp3) is 0.533. The number of hydrogen-bond acceptors (Lipinski definition) is 2. The van der Waals surface area contributed by atoms with E-state index in [-0.39, 0.29) is 11.8 Å². The highest BCUT2D eigenvalue weighted by Crippen LogP contribution is 2.52. The Kier molecular flexibility index (Phi) is 3.07. The topological polar surface area (TPSA) is 40.2 Å². The Bertz CT molecular complexity index is 439. The molecular weight excluding hydrogens is 226 g/mol. The predicted molar refractivity (Wildman–Crippen MR) is 69.4 cm³/mol. The van der Waals surface area contributed by atoms with Crippen molar-refractivity contribution in [1.29, 1.82) is 0 Å². The van der Waals surface area contributed by atoms with E-state index < -0.39 is 11.1 Å². The summed E-state index contributed by atoms with van der Waals surface area (Å²) < 4.78 is 0. The maximum atomic E-state index is 12.5. The molecular formula is C15H20NO2. The van der Waals surface area contributed by atoms with Crippen LogP contribution in [0.25, 0.3) is 0 Å². The average molecular weight is 246 g/mol. The zero-order chi connectivity index (χ0) is 13.6. The molecule has 0 aliphatic carbocycles. The lowest BCUT2D eigenvalue weighted by molar-refractivity contribution is -0.248. The number of nitrogens with zero attached hydrogens (tertiary/aromatic N) is 1. The minimum absolute atomic E-state index is 0.0660. The highest BCUT2D eigenvalue weighted by atomic mass is 16.5. The van der Waals surface area contributed by atoms with Crippen LogP contribution in [0.3, 0.4) is 0 Å². The molecule has 1 fully saturated rings. The van der Waals surface area contributed by atoms with Crippen molar-refractivity contribution >= 4 is 6.29 Å². The van der Waals surface area contributed by atoms with Crippen molar-refractivity contribution < 1.29 is 10.0 Å². The van der Waals surface area contributed by atoms with Crippen molar-refractivity contribution in [2.75, 3.05) is 0 Å². The standard InChI is InChI=1S/C15H20NO2/c1-14(2)12(10-17)13(15(3,4)16(14)18)11-8-6-5-7-9-11/h5-10,12-13H,1-4H3/t12?,13-/m0/s1. The number of carbonyl (C=O) groups is 1. The van der Waals surface area contributed by atoms with Crippen molar-refractivity contribution in [1.82, 2.24) is 5.06 Å². The molecule has 1 aliphatic rings. The lowest BCUT2D eigenvalue weighted by Crippen LogP contribution is -2.46. The van der Waals surface area contributed by atoms with Crippen molar-refractivity contribution in [3.05, 3.63) is 35.9 Å². The van der Waals surface area contributed by atoms with Gasteiger partial charge in [0.05, 0.1) is 11.1 Å². The lowest BCUT2D eigenvalue weighted by atomic mass is 9.74. The second-order valence-corrected chi connectivity index (χ2v) is 6.15. The van der Waals surface area contributed by atoms with Crippen LogP contribution in [-0.4, -0.2) is 22.4 Å². The third-order valence-corrected chi connectivity index (χ3v) is 4.29. The summed E-state index contributed by atoms with van der Waals surface area (Å²) in [6.07, 6.45) is 0.942. The Morgan fingerprint density at radius 2 is 1.61 bits per heavy atom. The molecule has 0 amide bonds. The van der Waals surface area contributed by atoms with Crippen LogP contribution in [0.4, 0.5) is 0 Å². The minimum Gasteiger partial charge on any atom is -0.303 e. The number of carbonyl (C=O) groups excluding carboxylic acids is 1. The van der Waals surface area contributed by atoms with Gasteiger partial charge in [-0.15, -0.1) is 10.3 Å². The van der Waals surface area contributed by atoms with Gasteiger partial charge in [0.25, 0.3) is 0 Å². The highest BCUT2D eigenvalue weighted by Gasteiger charge is 2.59. The molecule has 0 N–H and O–H groups in total. The minimum atomic E-state index is -0.661. The van der Waals surface area contributed by atoms with Crippen LogP contribution in [0.1, 0.15) is 39.2 Å². The van der Waals surface area contributed by atoms with Crippen molar-refractivity contribution in [3.63, 3.8) is 0 Å². The van der Waals surface area contributed by atoms with Gasteiger partial charge in [-0.3, -0.25) is 0 Å². The van der Waals surface area contributed by atoms with E-state index in [9.17, 15) is 10.0 Å². The molecule has 0 aromatic heterocycles. The molecule has 1 aromatic rings.